The first-order valence-corrected chi connectivity index (χ1v) is 17.1. The van der Waals surface area contributed by atoms with Crippen molar-refractivity contribution in [2.45, 2.75) is 49.4 Å². The molecule has 23 heteroatoms. The molecule has 19 nitrogen and oxygen atoms in total. The second kappa shape index (κ2) is 10.9. The molecule has 44 heavy (non-hydrogen) atoms. The van der Waals surface area contributed by atoms with Gasteiger partial charge in [0.2, 0.25) is 0 Å². The zero-order chi connectivity index (χ0) is 31.0. The molecule has 2 unspecified atom stereocenters. The van der Waals surface area contributed by atoms with Gasteiger partial charge in [0.1, 0.15) is 54.0 Å². The normalized spacial score (nSPS) is 36.6. The number of thiol groups is 1. The molecule has 7 heterocycles. The molecule has 4 aromatic heterocycles. The Balaban J connectivity index is 1.19. The predicted molar refractivity (Wildman–Crippen MR) is 147 cm³/mol. The number of aromatic amines is 1. The Hall–Kier alpha value is -2.81. The first-order chi connectivity index (χ1) is 20.9. The molecule has 3 fully saturated rings. The van der Waals surface area contributed by atoms with Gasteiger partial charge in [0.05, 0.1) is 25.9 Å². The van der Waals surface area contributed by atoms with E-state index in [-0.39, 0.29) is 17.9 Å². The Kier molecular flexibility index (Phi) is 7.41. The third-order valence-electron chi connectivity index (χ3n) is 7.36. The molecule has 0 aliphatic carbocycles. The first kappa shape index (κ1) is 29.9. The molecule has 0 amide bonds. The summed E-state index contributed by atoms with van der Waals surface area (Å²) < 4.78 is 77.3. The van der Waals surface area contributed by atoms with Gasteiger partial charge >= 0.3 is 14.6 Å². The number of aliphatic hydroxyl groups excluding tert-OH is 1. The van der Waals surface area contributed by atoms with E-state index in [1.807, 2.05) is 0 Å². The highest BCUT2D eigenvalue weighted by Gasteiger charge is 2.51. The number of H-pyrrole nitrogens is 1. The fourth-order valence-corrected chi connectivity index (χ4v) is 7.83. The van der Waals surface area contributed by atoms with E-state index in [4.69, 9.17) is 33.3 Å². The molecule has 4 aromatic rings. The molecule has 3 saturated heterocycles. The van der Waals surface area contributed by atoms with E-state index in [9.17, 15) is 28.3 Å². The van der Waals surface area contributed by atoms with Crippen LogP contribution in [0, 0.1) is 5.82 Å². The molecule has 0 saturated carbocycles. The van der Waals surface area contributed by atoms with Crippen molar-refractivity contribution in [1.82, 2.24) is 34.1 Å². The van der Waals surface area contributed by atoms with Gasteiger partial charge in [0.25, 0.3) is 5.56 Å². The third kappa shape index (κ3) is 5.27. The zero-order valence-corrected chi connectivity index (χ0v) is 24.7. The van der Waals surface area contributed by atoms with Crippen molar-refractivity contribution in [2.24, 2.45) is 0 Å². The Bertz CT molecular complexity index is 1910. The Morgan fingerprint density at radius 3 is 2.66 bits per heavy atom. The summed E-state index contributed by atoms with van der Waals surface area (Å²) in [5.74, 6) is -0.841. The highest BCUT2D eigenvalue weighted by atomic mass is 32.7. The second-order valence-corrected chi connectivity index (χ2v) is 14.3. The van der Waals surface area contributed by atoms with E-state index in [0.29, 0.717) is 11.2 Å². The summed E-state index contributed by atoms with van der Waals surface area (Å²) in [4.78, 5) is 41.4. The average Bonchev–Trinajstić information content (AvgIpc) is 3.72. The number of phosphoric ester groups is 1. The van der Waals surface area contributed by atoms with Crippen LogP contribution in [0.15, 0.2) is 30.0 Å². The van der Waals surface area contributed by atoms with E-state index in [1.54, 1.807) is 0 Å². The SMILES string of the molecule is Nc1ncnc2c1ncn2[C@H]1C[C@@H]2OP(=O)(S)OC[C@H]3O[C@@H](n4cc(F)c5c(=O)[nH]cnc54)[C@H](OP(=O)(O)OC[C@H]2O1)[C@@H]3O. The Morgan fingerprint density at radius 1 is 1.05 bits per heavy atom. The molecular weight excluding hydrogens is 653 g/mol. The maximum absolute atomic E-state index is 14.7. The minimum Gasteiger partial charge on any atom is -0.387 e. The first-order valence-electron chi connectivity index (χ1n) is 12.9. The van der Waals surface area contributed by atoms with Crippen molar-refractivity contribution in [1.29, 1.82) is 0 Å². The summed E-state index contributed by atoms with van der Waals surface area (Å²) in [6, 6.07) is 0. The number of nitrogens with zero attached hydrogens (tertiary/aromatic N) is 6. The van der Waals surface area contributed by atoms with Crippen molar-refractivity contribution in [3.63, 3.8) is 0 Å². The van der Waals surface area contributed by atoms with Gasteiger partial charge in [-0.25, -0.2) is 33.5 Å². The standard InChI is InChI=1S/C21H23FN8O11P2S/c22-8-2-29(18-13(8)20(32)27-6-25-18)21-16-15(31)11(39-21)4-37-43(35,44)40-9-1-12(38-10(9)3-36-42(33,34)41-16)30-7-28-14-17(23)24-5-26-19(14)30/h2,5-7,9-12,15-16,21,31H,1,3-4H2,(H,33,34)(H,35,44)(H2,23,24,26)(H,25,27,32)/t9-,10+,11+,12+,15+,16+,21+,43?/m0/s1. The number of nitrogens with one attached hydrogen (secondary N) is 1. The average molecular weight is 676 g/mol. The van der Waals surface area contributed by atoms with Crippen LogP contribution in [0.3, 0.4) is 0 Å². The Labute approximate surface area is 249 Å². The summed E-state index contributed by atoms with van der Waals surface area (Å²) in [6.45, 7) is -5.43. The van der Waals surface area contributed by atoms with Crippen LogP contribution in [-0.2, 0) is 36.7 Å². The molecule has 9 atom stereocenters. The lowest BCUT2D eigenvalue weighted by Gasteiger charge is -2.25. The number of halogens is 1. The fourth-order valence-electron chi connectivity index (χ4n) is 5.37. The number of phosphoric acid groups is 1. The zero-order valence-electron chi connectivity index (χ0n) is 22.0. The van der Waals surface area contributed by atoms with Crippen LogP contribution in [0.1, 0.15) is 18.9 Å². The predicted octanol–water partition coefficient (Wildman–Crippen LogP) is 0.787. The maximum Gasteiger partial charge on any atom is 0.472 e. The quantitative estimate of drug-likeness (QED) is 0.145. The number of fused-ring (bicyclic) bond motifs is 5. The van der Waals surface area contributed by atoms with E-state index < -0.39 is 87.6 Å². The summed E-state index contributed by atoms with van der Waals surface area (Å²) in [5.41, 5.74) is 5.52. The lowest BCUT2D eigenvalue weighted by molar-refractivity contribution is -0.0625. The van der Waals surface area contributed by atoms with E-state index in [0.717, 1.165) is 17.1 Å². The summed E-state index contributed by atoms with van der Waals surface area (Å²) in [6.07, 6.45) is -4.71. The largest absolute Gasteiger partial charge is 0.472 e. The van der Waals surface area contributed by atoms with E-state index in [2.05, 4.69) is 37.2 Å². The molecule has 3 aliphatic heterocycles. The number of aliphatic hydroxyl groups is 1. The number of aromatic nitrogens is 7. The summed E-state index contributed by atoms with van der Waals surface area (Å²) in [5, 5.41) is 10.6. The van der Waals surface area contributed by atoms with Gasteiger partial charge in [0.15, 0.2) is 29.2 Å². The smallest absolute Gasteiger partial charge is 0.387 e. The number of ether oxygens (including phenoxy) is 2. The van der Waals surface area contributed by atoms with Crippen molar-refractivity contribution < 1.29 is 51.1 Å². The third-order valence-corrected chi connectivity index (χ3v) is 9.99. The topological polar surface area (TPSA) is 250 Å². The lowest BCUT2D eigenvalue weighted by atomic mass is 10.1. The highest BCUT2D eigenvalue weighted by molar-refractivity contribution is 8.44. The minimum absolute atomic E-state index is 0.0273. The number of nitrogen functional groups attached to an aromatic ring is 1. The molecule has 2 bridgehead atoms. The van der Waals surface area contributed by atoms with Crippen LogP contribution >= 0.6 is 26.9 Å². The van der Waals surface area contributed by atoms with E-state index in [1.165, 1.54) is 17.2 Å². The number of hydrogen-bond acceptors (Lipinski definition) is 15. The van der Waals surface area contributed by atoms with Crippen LogP contribution in [0.4, 0.5) is 10.2 Å². The van der Waals surface area contributed by atoms with Gasteiger partial charge in [-0.05, 0) is 0 Å². The summed E-state index contributed by atoms with van der Waals surface area (Å²) >= 11 is 4.06. The van der Waals surface area contributed by atoms with Gasteiger partial charge in [0, 0.05) is 12.6 Å². The number of rotatable bonds is 2. The number of imidazole rings is 1. The van der Waals surface area contributed by atoms with E-state index >= 15 is 0 Å². The van der Waals surface area contributed by atoms with Crippen LogP contribution in [0.5, 0.6) is 0 Å². The fraction of sp³-hybridized carbons (Fsp3) is 0.476. The molecular formula is C21H23FN8O11P2S. The van der Waals surface area contributed by atoms with Crippen LogP contribution in [0.25, 0.3) is 22.2 Å². The van der Waals surface area contributed by atoms with Crippen LogP contribution < -0.4 is 11.3 Å². The Morgan fingerprint density at radius 2 is 1.84 bits per heavy atom. The molecule has 0 spiro atoms. The van der Waals surface area contributed by atoms with Gasteiger partial charge < -0.3 is 34.8 Å². The molecule has 5 N–H and O–H groups in total. The maximum atomic E-state index is 14.7. The number of anilines is 1. The summed E-state index contributed by atoms with van der Waals surface area (Å²) in [7, 11) is -5.02. The number of nitrogens with two attached hydrogens (primary N) is 1. The number of hydrogen-bond donors (Lipinski definition) is 5. The second-order valence-electron chi connectivity index (χ2n) is 10.1. The van der Waals surface area contributed by atoms with Gasteiger partial charge in [-0.1, -0.05) is 12.2 Å². The van der Waals surface area contributed by atoms with Crippen molar-refractivity contribution in [3.05, 3.63) is 41.3 Å². The van der Waals surface area contributed by atoms with Gasteiger partial charge in [-0.15, -0.1) is 0 Å². The van der Waals surface area contributed by atoms with Crippen LogP contribution in [-0.4, -0.2) is 87.8 Å². The van der Waals surface area contributed by atoms with Crippen LogP contribution in [0.2, 0.25) is 0 Å². The van der Waals surface area contributed by atoms with Crippen molar-refractivity contribution in [2.75, 3.05) is 18.9 Å². The van der Waals surface area contributed by atoms with Crippen molar-refractivity contribution in [3.8, 4) is 0 Å². The molecule has 3 aliphatic rings. The van der Waals surface area contributed by atoms with Gasteiger partial charge in [-0.3, -0.25) is 27.5 Å². The minimum atomic E-state index is -5.02. The molecule has 7 rings (SSSR count). The van der Waals surface area contributed by atoms with Gasteiger partial charge in [-0.2, -0.15) is 0 Å². The monoisotopic (exact) mass is 676 g/mol. The highest BCUT2D eigenvalue weighted by Crippen LogP contribution is 2.58. The molecule has 0 radical (unpaired) electrons. The van der Waals surface area contributed by atoms with Crippen molar-refractivity contribution >= 4 is 54.9 Å². The lowest BCUT2D eigenvalue weighted by Crippen LogP contribution is -2.35. The molecule has 236 valence electrons. The molecule has 0 aromatic carbocycles.